The fourth-order valence-electron chi connectivity index (χ4n) is 14.9. The van der Waals surface area contributed by atoms with Crippen LogP contribution in [0.25, 0.3) is 0 Å². The Morgan fingerprint density at radius 2 is 0.789 bits per heavy atom. The summed E-state index contributed by atoms with van der Waals surface area (Å²) >= 11 is 0. The third-order valence-corrected chi connectivity index (χ3v) is 21.7. The Morgan fingerprint density at radius 3 is 1.18 bits per heavy atom. The number of aromatic nitrogens is 3. The number of hydrogen-bond acceptors (Lipinski definition) is 32. The zero-order valence-corrected chi connectivity index (χ0v) is 71.5. The molecule has 0 unspecified atom stereocenters. The molecule has 704 valence electrons. The molecule has 5 aliphatic rings. The second-order valence-electron chi connectivity index (χ2n) is 31.7. The molecule has 0 aromatic carbocycles. The number of likely N-dealkylation sites (tertiary alicyclic amines) is 1. The van der Waals surface area contributed by atoms with Crippen molar-refractivity contribution in [3.05, 3.63) is 11.9 Å². The molecule has 5 aliphatic heterocycles. The molecule has 6 heterocycles. The van der Waals surface area contributed by atoms with Crippen molar-refractivity contribution in [3.8, 4) is 0 Å². The van der Waals surface area contributed by atoms with Crippen LogP contribution in [0.2, 0.25) is 0 Å². The highest BCUT2D eigenvalue weighted by Gasteiger charge is 2.49. The first-order valence-corrected chi connectivity index (χ1v) is 43.6. The number of aliphatic hydroxyl groups excluding tert-OH is 10. The molecule has 0 spiro atoms. The van der Waals surface area contributed by atoms with E-state index in [9.17, 15) is 99.0 Å². The first-order valence-electron chi connectivity index (χ1n) is 43.6. The summed E-state index contributed by atoms with van der Waals surface area (Å²) in [6.07, 6.45) is -6.45. The van der Waals surface area contributed by atoms with Crippen LogP contribution in [-0.4, -0.2) is 370 Å². The number of aliphatic hydroxyl groups is 10. The van der Waals surface area contributed by atoms with Gasteiger partial charge in [-0.2, -0.15) is 0 Å². The Balaban J connectivity index is 1.01. The summed E-state index contributed by atoms with van der Waals surface area (Å²) in [7, 11) is 0. The number of nitrogens with zero attached hydrogens (tertiary/aromatic N) is 4. The monoisotopic (exact) mass is 1760 g/mol. The van der Waals surface area contributed by atoms with Crippen LogP contribution in [0.4, 0.5) is 0 Å². The lowest BCUT2D eigenvalue weighted by Gasteiger charge is -2.42. The van der Waals surface area contributed by atoms with Gasteiger partial charge in [0, 0.05) is 144 Å². The van der Waals surface area contributed by atoms with E-state index >= 15 is 0 Å². The van der Waals surface area contributed by atoms with Gasteiger partial charge in [0.05, 0.1) is 64.6 Å². The highest BCUT2D eigenvalue weighted by atomic mass is 16.7. The summed E-state index contributed by atoms with van der Waals surface area (Å²) in [6.45, 7) is 5.52. The van der Waals surface area contributed by atoms with Gasteiger partial charge in [0.1, 0.15) is 97.5 Å². The number of aryl methyl sites for hydroxylation is 1. The second kappa shape index (κ2) is 58.4. The van der Waals surface area contributed by atoms with Crippen LogP contribution in [0.15, 0.2) is 6.20 Å². The van der Waals surface area contributed by atoms with Crippen LogP contribution < -0.4 is 47.9 Å². The molecule has 21 atom stereocenters. The summed E-state index contributed by atoms with van der Waals surface area (Å²) in [5.74, 6) is -3.24. The third kappa shape index (κ3) is 38.2. The van der Waals surface area contributed by atoms with E-state index in [0.29, 0.717) is 83.6 Å². The minimum atomic E-state index is -1.47. The number of ether oxygens (including phenoxy) is 10. The van der Waals surface area contributed by atoms with Gasteiger partial charge in [0.25, 0.3) is 0 Å². The average molecular weight is 1760 g/mol. The fraction of sp³-hybridized carbons (Fsp3) is 0.850. The Labute approximate surface area is 717 Å². The maximum Gasteiger partial charge on any atom is 0.222 e. The molecule has 0 bridgehead atoms. The molecule has 0 radical (unpaired) electrons. The van der Waals surface area contributed by atoms with Crippen LogP contribution in [-0.2, 0) is 108 Å². The summed E-state index contributed by atoms with van der Waals surface area (Å²) in [6, 6.07) is -3.21. The molecule has 19 N–H and O–H groups in total. The number of carbonyl (C=O) groups excluding carboxylic acids is 10. The van der Waals surface area contributed by atoms with Crippen molar-refractivity contribution >= 4 is 59.1 Å². The van der Waals surface area contributed by atoms with E-state index in [1.807, 2.05) is 18.0 Å². The summed E-state index contributed by atoms with van der Waals surface area (Å²) in [4.78, 5) is 128. The van der Waals surface area contributed by atoms with E-state index in [0.717, 1.165) is 50.6 Å². The first kappa shape index (κ1) is 105. The van der Waals surface area contributed by atoms with Crippen molar-refractivity contribution in [2.45, 2.75) is 323 Å². The Kier molecular flexibility index (Phi) is 49.8. The van der Waals surface area contributed by atoms with Crippen LogP contribution in [0.1, 0.15) is 187 Å². The van der Waals surface area contributed by atoms with E-state index in [1.54, 1.807) is 4.68 Å². The number of β-amino-alcohol motifs (C(OH)–C–C–N with tert-alkyl or cyclic N) is 1. The number of amides is 10. The van der Waals surface area contributed by atoms with Crippen molar-refractivity contribution < 1.29 is 146 Å². The number of carbonyl (C=O) groups is 10. The van der Waals surface area contributed by atoms with Crippen LogP contribution in [0, 0.1) is 0 Å². The largest absolute Gasteiger partial charge is 0.394 e. The van der Waals surface area contributed by atoms with E-state index < -0.39 is 160 Å². The van der Waals surface area contributed by atoms with Crippen molar-refractivity contribution in [2.75, 3.05) is 112 Å². The maximum absolute atomic E-state index is 13.4. The minimum absolute atomic E-state index is 0.0639. The minimum Gasteiger partial charge on any atom is -0.394 e. The summed E-state index contributed by atoms with van der Waals surface area (Å²) in [5, 5.41) is 135. The summed E-state index contributed by atoms with van der Waals surface area (Å²) in [5.41, 5.74) is 0.741. The lowest BCUT2D eigenvalue weighted by molar-refractivity contribution is -0.270. The van der Waals surface area contributed by atoms with Gasteiger partial charge in [-0.3, -0.25) is 47.9 Å². The fourth-order valence-corrected chi connectivity index (χ4v) is 14.9. The Bertz CT molecular complexity index is 3290. The second-order valence-corrected chi connectivity index (χ2v) is 31.7. The number of nitrogens with one attached hydrogen (secondary N) is 9. The van der Waals surface area contributed by atoms with Crippen LogP contribution >= 0.6 is 0 Å². The van der Waals surface area contributed by atoms with Crippen molar-refractivity contribution in [1.82, 2.24) is 67.7 Å². The smallest absolute Gasteiger partial charge is 0.222 e. The molecule has 10 amide bonds. The topological polar surface area (TPSA) is 608 Å². The molecule has 5 fully saturated rings. The average Bonchev–Trinajstić information content (AvgIpc) is 1.07. The van der Waals surface area contributed by atoms with Gasteiger partial charge < -0.3 is 151 Å². The van der Waals surface area contributed by atoms with Gasteiger partial charge in [0.15, 0.2) is 18.9 Å². The molecule has 43 heteroatoms. The van der Waals surface area contributed by atoms with Gasteiger partial charge >= 0.3 is 0 Å². The molecule has 43 nitrogen and oxygen atoms in total. The Hall–Kier alpha value is -6.96. The van der Waals surface area contributed by atoms with Gasteiger partial charge in [-0.1, -0.05) is 37.8 Å². The molecule has 0 aliphatic carbocycles. The molecule has 0 saturated carbocycles. The van der Waals surface area contributed by atoms with Gasteiger partial charge in [-0.25, -0.2) is 4.68 Å². The molecular weight excluding hydrogens is 1620 g/mol. The third-order valence-electron chi connectivity index (χ3n) is 21.7. The standard InChI is InChI=1S/C80H139N13O30/c1-5-53-41-54(100)43-93(53)66(107)25-11-9-7-6-8-10-21-52-42-92(91-90-52)44-55-76(115-39-27-64(105)85-33-19-30-82-61(102)23-13-16-36-118-79-68(88-50(3)98)74(112)71(109)57(46-95)122-79)77(116-40-28-65(106)86-34-20-31-83-62(103)24-14-17-37-119-80-69(89-51(4)99)75(113)72(110)58(47-96)123-80)59(48-120-55)114-38-26-63(104)84-32-18-29-81-60(101)22-12-15-35-117-78-67(87-49(2)97)73(111)70(108)56(45-94)121-78/h42,53-59,67-80,94-96,100,108-113H,5-41,43-48H2,1-4H3,(H,81,101)(H,82,102)(H,83,103)(H,84,104)(H,85,105)(H,86,106)(H,87,97)(H,88,98)(H,89,99)/t53-,54-,55-,56-,57-,58-,59+,67-,68-,69-,70+,71+,72+,73-,74-,75-,76-,77-,78-,79-,80-/m1/s1. The van der Waals surface area contributed by atoms with E-state index in [-0.39, 0.29) is 178 Å². The number of hydrogen-bond donors (Lipinski definition) is 19. The molecule has 6 rings (SSSR count). The zero-order chi connectivity index (χ0) is 89.6. The first-order chi connectivity index (χ1) is 59.1. The highest BCUT2D eigenvalue weighted by molar-refractivity contribution is 5.79. The predicted molar refractivity (Wildman–Crippen MR) is 433 cm³/mol. The normalized spacial score (nSPS) is 27.6. The van der Waals surface area contributed by atoms with Crippen LogP contribution in [0.5, 0.6) is 0 Å². The van der Waals surface area contributed by atoms with Crippen molar-refractivity contribution in [3.63, 3.8) is 0 Å². The highest BCUT2D eigenvalue weighted by Crippen LogP contribution is 2.30. The van der Waals surface area contributed by atoms with Crippen LogP contribution in [0.3, 0.4) is 0 Å². The maximum atomic E-state index is 13.4. The molecular formula is C80H139N13O30. The van der Waals surface area contributed by atoms with E-state index in [2.05, 4.69) is 58.2 Å². The lowest BCUT2D eigenvalue weighted by Crippen LogP contribution is -2.64. The van der Waals surface area contributed by atoms with Gasteiger partial charge in [0.2, 0.25) is 59.1 Å². The van der Waals surface area contributed by atoms with Crippen molar-refractivity contribution in [1.29, 1.82) is 0 Å². The SMILES string of the molecule is CC[C@@H]1C[C@@H](O)CN1C(=O)CCCCCCCCc1cn(C[C@H]2OC[C@H](OCCC(=O)NCCCNC(=O)CCCCO[C@@H]3O[C@H](CO)[C@H](O)[C@H](O)[C@H]3NC(C)=O)[C@@H](OCCC(=O)NCCCNC(=O)CCCCO[C@@H]3O[C@H](CO)[C@H](O)[C@H](O)[C@H]3NC(C)=O)[C@@H]2OCCC(=O)NCCCNC(=O)CCCCO[C@@H]2O[C@H](CO)[C@H](O)[C@H](O)[C@H]2NC(C)=O)nn1. The predicted octanol–water partition coefficient (Wildman–Crippen LogP) is -5.09. The van der Waals surface area contributed by atoms with E-state index in [1.165, 1.54) is 20.8 Å². The van der Waals surface area contributed by atoms with E-state index in [4.69, 9.17) is 47.4 Å². The van der Waals surface area contributed by atoms with Crippen molar-refractivity contribution in [2.24, 2.45) is 0 Å². The quantitative estimate of drug-likeness (QED) is 0.0271. The van der Waals surface area contributed by atoms with Gasteiger partial charge in [-0.15, -0.1) is 5.10 Å². The van der Waals surface area contributed by atoms with Gasteiger partial charge in [-0.05, 0) is 89.9 Å². The molecule has 5 saturated heterocycles. The lowest BCUT2D eigenvalue weighted by atomic mass is 9.97. The molecule has 1 aromatic heterocycles. The Morgan fingerprint density at radius 1 is 0.423 bits per heavy atom. The number of unbranched alkanes of at least 4 members (excludes halogenated alkanes) is 8. The summed E-state index contributed by atoms with van der Waals surface area (Å²) < 4.78 is 61.6. The zero-order valence-electron chi connectivity index (χ0n) is 71.5. The number of rotatable bonds is 60. The molecule has 1 aromatic rings. The molecule has 123 heavy (non-hydrogen) atoms.